The number of benzene rings is 2. The van der Waals surface area contributed by atoms with Crippen LogP contribution in [0.5, 0.6) is 0 Å². The zero-order valence-corrected chi connectivity index (χ0v) is 19.3. The van der Waals surface area contributed by atoms with E-state index in [1.165, 1.54) is 18.3 Å². The normalized spacial score (nSPS) is 15.7. The van der Waals surface area contributed by atoms with Crippen molar-refractivity contribution in [2.45, 2.75) is 25.4 Å². The van der Waals surface area contributed by atoms with Crippen molar-refractivity contribution in [2.75, 3.05) is 30.4 Å². The molecule has 0 spiro atoms. The smallest absolute Gasteiger partial charge is 0.370 e. The summed E-state index contributed by atoms with van der Waals surface area (Å²) in [4.78, 5) is 31.1. The fourth-order valence-corrected chi connectivity index (χ4v) is 4.32. The number of aryl methyl sites for hydroxylation is 1. The summed E-state index contributed by atoms with van der Waals surface area (Å²) in [6, 6.07) is 11.7. The minimum atomic E-state index is -4.48. The number of carbonyl (C=O) groups is 2. The van der Waals surface area contributed by atoms with E-state index >= 15 is 0 Å². The van der Waals surface area contributed by atoms with Crippen molar-refractivity contribution >= 4 is 23.2 Å². The van der Waals surface area contributed by atoms with Gasteiger partial charge in [0.05, 0.1) is 23.0 Å². The lowest BCUT2D eigenvalue weighted by atomic mass is 9.92. The molecule has 0 radical (unpaired) electrons. The van der Waals surface area contributed by atoms with Gasteiger partial charge in [-0.3, -0.25) is 14.6 Å². The second-order valence-corrected chi connectivity index (χ2v) is 8.55. The van der Waals surface area contributed by atoms with Gasteiger partial charge in [0.15, 0.2) is 0 Å². The number of amides is 2. The van der Waals surface area contributed by atoms with E-state index in [1.54, 1.807) is 25.4 Å². The molecule has 2 heterocycles. The summed E-state index contributed by atoms with van der Waals surface area (Å²) in [6.45, 7) is 3.43. The zero-order valence-electron chi connectivity index (χ0n) is 19.3. The van der Waals surface area contributed by atoms with Gasteiger partial charge in [-0.2, -0.15) is 13.2 Å². The fourth-order valence-electron chi connectivity index (χ4n) is 4.32. The van der Waals surface area contributed by atoms with Crippen LogP contribution >= 0.6 is 0 Å². The van der Waals surface area contributed by atoms with E-state index in [4.69, 9.17) is 0 Å². The van der Waals surface area contributed by atoms with Gasteiger partial charge in [-0.05, 0) is 60.9 Å². The van der Waals surface area contributed by atoms with E-state index < -0.39 is 17.6 Å². The first-order valence-corrected chi connectivity index (χ1v) is 11.2. The standard InChI is InChI=1S/C26H25F3N4O2/c1-16-6-7-17(25(35)32-21-5-3-4-20(12-21)26(27,28)29)11-23(16)18-8-9-33(15-18)22-10-19(13-31-14-22)24(34)30-2/h3-7,10-14,18H,8-9,15H2,1-2H3,(H,30,34)(H,32,35)/t18-/m1/s1. The summed E-state index contributed by atoms with van der Waals surface area (Å²) in [6.07, 6.45) is -0.391. The summed E-state index contributed by atoms with van der Waals surface area (Å²) in [5.74, 6) is -0.520. The number of alkyl halides is 3. The molecule has 1 fully saturated rings. The van der Waals surface area contributed by atoms with E-state index in [-0.39, 0.29) is 17.5 Å². The summed E-state index contributed by atoms with van der Waals surface area (Å²) in [5.41, 5.74) is 3.03. The van der Waals surface area contributed by atoms with Crippen LogP contribution in [0.25, 0.3) is 0 Å². The quantitative estimate of drug-likeness (QED) is 0.536. The van der Waals surface area contributed by atoms with Crippen LogP contribution in [0.1, 0.15) is 49.7 Å². The van der Waals surface area contributed by atoms with Crippen molar-refractivity contribution in [3.63, 3.8) is 0 Å². The van der Waals surface area contributed by atoms with Gasteiger partial charge in [0, 0.05) is 43.5 Å². The third-order valence-electron chi connectivity index (χ3n) is 6.20. The van der Waals surface area contributed by atoms with Crippen LogP contribution in [0.15, 0.2) is 60.9 Å². The topological polar surface area (TPSA) is 74.3 Å². The summed E-state index contributed by atoms with van der Waals surface area (Å²) >= 11 is 0. The van der Waals surface area contributed by atoms with Crippen LogP contribution in [0.4, 0.5) is 24.5 Å². The molecule has 6 nitrogen and oxygen atoms in total. The second-order valence-electron chi connectivity index (χ2n) is 8.55. The summed E-state index contributed by atoms with van der Waals surface area (Å²) in [5, 5.41) is 5.16. The van der Waals surface area contributed by atoms with E-state index in [1.807, 2.05) is 19.1 Å². The highest BCUT2D eigenvalue weighted by molar-refractivity contribution is 6.04. The Morgan fingerprint density at radius 3 is 2.57 bits per heavy atom. The highest BCUT2D eigenvalue weighted by Crippen LogP contribution is 2.34. The minimum absolute atomic E-state index is 0.0856. The van der Waals surface area contributed by atoms with Gasteiger partial charge in [0.1, 0.15) is 0 Å². The first-order valence-electron chi connectivity index (χ1n) is 11.2. The molecule has 1 aliphatic rings. The van der Waals surface area contributed by atoms with Crippen molar-refractivity contribution < 1.29 is 22.8 Å². The fraction of sp³-hybridized carbons (Fsp3) is 0.269. The maximum atomic E-state index is 13.0. The predicted octanol–water partition coefficient (Wildman–Crippen LogP) is 5.01. The Kier molecular flexibility index (Phi) is 6.77. The Morgan fingerprint density at radius 2 is 1.83 bits per heavy atom. The van der Waals surface area contributed by atoms with Gasteiger partial charge in [0.2, 0.25) is 0 Å². The third kappa shape index (κ3) is 5.45. The van der Waals surface area contributed by atoms with E-state index in [0.717, 1.165) is 41.9 Å². The van der Waals surface area contributed by atoms with Crippen molar-refractivity contribution in [1.82, 2.24) is 10.3 Å². The molecule has 9 heteroatoms. The average molecular weight is 483 g/mol. The first kappa shape index (κ1) is 24.3. The third-order valence-corrected chi connectivity index (χ3v) is 6.20. The Bertz CT molecular complexity index is 1260. The van der Waals surface area contributed by atoms with Crippen molar-refractivity contribution in [1.29, 1.82) is 0 Å². The van der Waals surface area contributed by atoms with Crippen LogP contribution in [0.2, 0.25) is 0 Å². The zero-order chi connectivity index (χ0) is 25.2. The molecule has 2 N–H and O–H groups in total. The summed E-state index contributed by atoms with van der Waals surface area (Å²) in [7, 11) is 1.57. The molecule has 0 unspecified atom stereocenters. The SMILES string of the molecule is CNC(=O)c1cncc(N2CC[C@@H](c3cc(C(=O)Nc4cccc(C(F)(F)F)c4)ccc3C)C2)c1. The van der Waals surface area contributed by atoms with Gasteiger partial charge < -0.3 is 15.5 Å². The largest absolute Gasteiger partial charge is 0.416 e. The number of nitrogens with zero attached hydrogens (tertiary/aromatic N) is 2. The van der Waals surface area contributed by atoms with Crippen LogP contribution in [-0.2, 0) is 6.18 Å². The molecule has 1 aromatic heterocycles. The maximum absolute atomic E-state index is 13.0. The molecule has 1 aliphatic heterocycles. The molecule has 0 bridgehead atoms. The highest BCUT2D eigenvalue weighted by atomic mass is 19.4. The molecule has 4 rings (SSSR count). The Morgan fingerprint density at radius 1 is 1.03 bits per heavy atom. The van der Waals surface area contributed by atoms with Gasteiger partial charge in [-0.25, -0.2) is 0 Å². The molecule has 3 aromatic rings. The Balaban J connectivity index is 1.50. The van der Waals surface area contributed by atoms with Crippen LogP contribution in [0.3, 0.4) is 0 Å². The number of hydrogen-bond donors (Lipinski definition) is 2. The molecule has 0 saturated carbocycles. The molecule has 1 atom stereocenters. The Labute approximate surface area is 201 Å². The van der Waals surface area contributed by atoms with Crippen molar-refractivity contribution in [3.8, 4) is 0 Å². The van der Waals surface area contributed by atoms with E-state index in [2.05, 4.69) is 20.5 Å². The highest BCUT2D eigenvalue weighted by Gasteiger charge is 2.31. The molecule has 35 heavy (non-hydrogen) atoms. The summed E-state index contributed by atoms with van der Waals surface area (Å²) < 4.78 is 39.0. The van der Waals surface area contributed by atoms with Gasteiger partial charge >= 0.3 is 6.18 Å². The Hall–Kier alpha value is -3.88. The number of anilines is 2. The molecule has 2 aromatic carbocycles. The van der Waals surface area contributed by atoms with E-state index in [0.29, 0.717) is 17.7 Å². The molecule has 2 amide bonds. The van der Waals surface area contributed by atoms with Gasteiger partial charge in [0.25, 0.3) is 11.8 Å². The maximum Gasteiger partial charge on any atom is 0.416 e. The molecular formula is C26H25F3N4O2. The number of carbonyl (C=O) groups excluding carboxylic acids is 2. The van der Waals surface area contributed by atoms with Gasteiger partial charge in [-0.15, -0.1) is 0 Å². The molecule has 1 saturated heterocycles. The van der Waals surface area contributed by atoms with Crippen molar-refractivity contribution in [3.05, 3.63) is 88.7 Å². The number of pyridine rings is 1. The van der Waals surface area contributed by atoms with E-state index in [9.17, 15) is 22.8 Å². The lowest BCUT2D eigenvalue weighted by molar-refractivity contribution is -0.137. The lowest BCUT2D eigenvalue weighted by Crippen LogP contribution is -2.22. The van der Waals surface area contributed by atoms with Crippen LogP contribution < -0.4 is 15.5 Å². The van der Waals surface area contributed by atoms with Crippen LogP contribution in [0, 0.1) is 6.92 Å². The van der Waals surface area contributed by atoms with Crippen molar-refractivity contribution in [2.24, 2.45) is 0 Å². The number of nitrogens with one attached hydrogen (secondary N) is 2. The number of halogens is 3. The monoisotopic (exact) mass is 482 g/mol. The van der Waals surface area contributed by atoms with Crippen LogP contribution in [-0.4, -0.2) is 36.9 Å². The molecule has 0 aliphatic carbocycles. The number of hydrogen-bond acceptors (Lipinski definition) is 4. The lowest BCUT2D eigenvalue weighted by Gasteiger charge is -2.20. The number of rotatable bonds is 5. The number of aromatic nitrogens is 1. The average Bonchev–Trinajstić information content (AvgIpc) is 3.33. The molecular weight excluding hydrogens is 457 g/mol. The molecule has 182 valence electrons. The second kappa shape index (κ2) is 9.77. The predicted molar refractivity (Wildman–Crippen MR) is 128 cm³/mol. The van der Waals surface area contributed by atoms with Gasteiger partial charge in [-0.1, -0.05) is 12.1 Å². The first-order chi connectivity index (χ1) is 16.7. The minimum Gasteiger partial charge on any atom is -0.370 e.